The summed E-state index contributed by atoms with van der Waals surface area (Å²) >= 11 is 0. The highest BCUT2D eigenvalue weighted by Gasteiger charge is 2.20. The number of rotatable bonds is 5. The lowest BCUT2D eigenvalue weighted by Gasteiger charge is -2.14. The third-order valence-electron chi connectivity index (χ3n) is 2.52. The molecule has 0 fully saturated rings. The molecule has 1 aromatic rings. The van der Waals surface area contributed by atoms with E-state index in [9.17, 15) is 18.4 Å². The zero-order chi connectivity index (χ0) is 15.3. The Hall–Kier alpha value is -2.22. The normalized spacial score (nSPS) is 11.8. The van der Waals surface area contributed by atoms with Crippen molar-refractivity contribution in [2.45, 2.75) is 19.4 Å². The van der Waals surface area contributed by atoms with Crippen molar-refractivity contribution in [1.29, 1.82) is 0 Å². The van der Waals surface area contributed by atoms with Gasteiger partial charge in [-0.15, -0.1) is 0 Å². The number of hydrogen-bond acceptors (Lipinski definition) is 3. The van der Waals surface area contributed by atoms with Crippen LogP contribution in [0.3, 0.4) is 0 Å². The second-order valence-electron chi connectivity index (χ2n) is 4.08. The molecule has 0 radical (unpaired) electrons. The Morgan fingerprint density at radius 1 is 1.30 bits per heavy atom. The number of aliphatic hydroxyl groups is 1. The van der Waals surface area contributed by atoms with Gasteiger partial charge in [0.25, 0.3) is 0 Å². The minimum absolute atomic E-state index is 0.0807. The summed E-state index contributed by atoms with van der Waals surface area (Å²) in [6.07, 6.45) is -0.201. The lowest BCUT2D eigenvalue weighted by Crippen LogP contribution is -2.43. The number of halogens is 2. The number of anilines is 1. The molecule has 0 saturated heterocycles. The van der Waals surface area contributed by atoms with Crippen molar-refractivity contribution in [2.24, 2.45) is 0 Å². The predicted octanol–water partition coefficient (Wildman–Crippen LogP) is 1.23. The van der Waals surface area contributed by atoms with Gasteiger partial charge < -0.3 is 20.8 Å². The van der Waals surface area contributed by atoms with E-state index in [1.54, 1.807) is 0 Å². The number of aliphatic carboxylic acids is 1. The van der Waals surface area contributed by atoms with E-state index in [-0.39, 0.29) is 12.0 Å². The van der Waals surface area contributed by atoms with Gasteiger partial charge in [-0.05, 0) is 18.6 Å². The van der Waals surface area contributed by atoms with Crippen molar-refractivity contribution in [1.82, 2.24) is 5.32 Å². The van der Waals surface area contributed by atoms with Gasteiger partial charge in [-0.25, -0.2) is 18.4 Å². The molecule has 1 unspecified atom stereocenters. The Morgan fingerprint density at radius 3 is 2.50 bits per heavy atom. The van der Waals surface area contributed by atoms with Crippen molar-refractivity contribution in [3.05, 3.63) is 29.3 Å². The zero-order valence-corrected chi connectivity index (χ0v) is 10.6. The number of carboxylic acids is 1. The molecule has 0 aliphatic heterocycles. The number of aryl methyl sites for hydroxylation is 1. The number of carbonyl (C=O) groups excluding carboxylic acids is 1. The van der Waals surface area contributed by atoms with Crippen molar-refractivity contribution < 1.29 is 28.6 Å². The highest BCUT2D eigenvalue weighted by molar-refractivity contribution is 5.92. The lowest BCUT2D eigenvalue weighted by atomic mass is 10.2. The second kappa shape index (κ2) is 6.80. The number of hydrogen-bond donors (Lipinski definition) is 4. The first kappa shape index (κ1) is 15.8. The van der Waals surface area contributed by atoms with Crippen LogP contribution >= 0.6 is 0 Å². The Kier molecular flexibility index (Phi) is 5.39. The van der Waals surface area contributed by atoms with E-state index in [0.29, 0.717) is 0 Å². The number of urea groups is 1. The summed E-state index contributed by atoms with van der Waals surface area (Å²) in [6.45, 7) is 0.925. The van der Waals surface area contributed by atoms with Crippen LogP contribution in [0.2, 0.25) is 0 Å². The number of amides is 2. The molecule has 0 aliphatic carbocycles. The monoisotopic (exact) mass is 288 g/mol. The molecule has 110 valence electrons. The van der Waals surface area contributed by atoms with Crippen LogP contribution in [0.4, 0.5) is 19.3 Å². The molecular weight excluding hydrogens is 274 g/mol. The van der Waals surface area contributed by atoms with Crippen molar-refractivity contribution in [2.75, 3.05) is 11.9 Å². The molecule has 1 rings (SSSR count). The maximum Gasteiger partial charge on any atom is 0.326 e. The van der Waals surface area contributed by atoms with Crippen LogP contribution in [0, 0.1) is 18.6 Å². The first-order valence-electron chi connectivity index (χ1n) is 5.72. The fraction of sp³-hybridized carbons (Fsp3) is 0.333. The molecule has 0 heterocycles. The van der Waals surface area contributed by atoms with E-state index in [0.717, 1.165) is 12.1 Å². The van der Waals surface area contributed by atoms with E-state index in [2.05, 4.69) is 0 Å². The van der Waals surface area contributed by atoms with Crippen molar-refractivity contribution in [3.8, 4) is 0 Å². The standard InChI is InChI=1S/C12H14F2N2O4/c1-6-4-8(14)10(5-7(6)13)16-12(20)15-9(2-3-17)11(18)19/h4-5,9,17H,2-3H2,1H3,(H,18,19)(H2,15,16,20). The summed E-state index contributed by atoms with van der Waals surface area (Å²) in [5.41, 5.74) is -0.323. The summed E-state index contributed by atoms with van der Waals surface area (Å²) in [7, 11) is 0. The smallest absolute Gasteiger partial charge is 0.326 e. The Balaban J connectivity index is 2.75. The van der Waals surface area contributed by atoms with Crippen LogP contribution in [0.15, 0.2) is 12.1 Å². The molecule has 2 amide bonds. The predicted molar refractivity (Wildman–Crippen MR) is 66.4 cm³/mol. The van der Waals surface area contributed by atoms with Crippen LogP contribution in [0.1, 0.15) is 12.0 Å². The molecule has 0 spiro atoms. The number of nitrogens with one attached hydrogen (secondary N) is 2. The van der Waals surface area contributed by atoms with Gasteiger partial charge in [-0.2, -0.15) is 0 Å². The van der Waals surface area contributed by atoms with Crippen LogP contribution < -0.4 is 10.6 Å². The van der Waals surface area contributed by atoms with Gasteiger partial charge >= 0.3 is 12.0 Å². The first-order chi connectivity index (χ1) is 9.35. The number of carboxylic acid groups (broad SMARTS) is 1. The number of carbonyl (C=O) groups is 2. The molecule has 4 N–H and O–H groups in total. The lowest BCUT2D eigenvalue weighted by molar-refractivity contribution is -0.139. The molecule has 8 heteroatoms. The SMILES string of the molecule is Cc1cc(F)c(NC(=O)NC(CCO)C(=O)O)cc1F. The molecule has 0 saturated carbocycles. The van der Waals surface area contributed by atoms with Gasteiger partial charge in [0.1, 0.15) is 17.7 Å². The van der Waals surface area contributed by atoms with E-state index in [4.69, 9.17) is 10.2 Å². The fourth-order valence-electron chi connectivity index (χ4n) is 1.45. The average Bonchev–Trinajstić information content (AvgIpc) is 2.35. The number of benzene rings is 1. The molecule has 1 atom stereocenters. The van der Waals surface area contributed by atoms with Crippen LogP contribution in [0.5, 0.6) is 0 Å². The third kappa shape index (κ3) is 4.16. The summed E-state index contributed by atoms with van der Waals surface area (Å²) in [4.78, 5) is 22.2. The van der Waals surface area contributed by atoms with Gasteiger partial charge in [0.15, 0.2) is 0 Å². The third-order valence-corrected chi connectivity index (χ3v) is 2.52. The van der Waals surface area contributed by atoms with Gasteiger partial charge in [-0.1, -0.05) is 0 Å². The molecular formula is C12H14F2N2O4. The molecule has 0 aliphatic rings. The molecule has 1 aromatic carbocycles. The topological polar surface area (TPSA) is 98.7 Å². The van der Waals surface area contributed by atoms with Gasteiger partial charge in [-0.3, -0.25) is 0 Å². The minimum atomic E-state index is -1.34. The second-order valence-corrected chi connectivity index (χ2v) is 4.08. The number of aliphatic hydroxyl groups excluding tert-OH is 1. The van der Waals surface area contributed by atoms with Crippen LogP contribution in [0.25, 0.3) is 0 Å². The largest absolute Gasteiger partial charge is 0.480 e. The van der Waals surface area contributed by atoms with E-state index in [1.165, 1.54) is 6.92 Å². The summed E-state index contributed by atoms with van der Waals surface area (Å²) < 4.78 is 26.7. The van der Waals surface area contributed by atoms with Gasteiger partial charge in [0.2, 0.25) is 0 Å². The Bertz CT molecular complexity index is 522. The van der Waals surface area contributed by atoms with Crippen molar-refractivity contribution in [3.63, 3.8) is 0 Å². The molecule has 0 bridgehead atoms. The Labute approximate surface area is 113 Å². The van der Waals surface area contributed by atoms with Gasteiger partial charge in [0.05, 0.1) is 5.69 Å². The first-order valence-corrected chi connectivity index (χ1v) is 5.72. The average molecular weight is 288 g/mol. The maximum atomic E-state index is 13.5. The Morgan fingerprint density at radius 2 is 1.95 bits per heavy atom. The zero-order valence-electron chi connectivity index (χ0n) is 10.6. The minimum Gasteiger partial charge on any atom is -0.480 e. The fourth-order valence-corrected chi connectivity index (χ4v) is 1.45. The van der Waals surface area contributed by atoms with E-state index < -0.39 is 42.0 Å². The molecule has 6 nitrogen and oxygen atoms in total. The summed E-state index contributed by atoms with van der Waals surface area (Å²) in [5, 5.41) is 21.5. The van der Waals surface area contributed by atoms with E-state index in [1.807, 2.05) is 10.6 Å². The van der Waals surface area contributed by atoms with Crippen LogP contribution in [-0.2, 0) is 4.79 Å². The molecule has 0 aromatic heterocycles. The highest BCUT2D eigenvalue weighted by Crippen LogP contribution is 2.18. The van der Waals surface area contributed by atoms with E-state index >= 15 is 0 Å². The highest BCUT2D eigenvalue weighted by atomic mass is 19.1. The maximum absolute atomic E-state index is 13.5. The van der Waals surface area contributed by atoms with Crippen molar-refractivity contribution >= 4 is 17.7 Å². The summed E-state index contributed by atoms with van der Waals surface area (Å²) in [5.74, 6) is -2.88. The van der Waals surface area contributed by atoms with Crippen LogP contribution in [-0.4, -0.2) is 34.9 Å². The molecule has 20 heavy (non-hydrogen) atoms. The quantitative estimate of drug-likeness (QED) is 0.655. The summed E-state index contributed by atoms with van der Waals surface area (Å²) in [6, 6.07) is -0.620. The van der Waals surface area contributed by atoms with Gasteiger partial charge in [0, 0.05) is 19.1 Å².